The first-order valence-corrected chi connectivity index (χ1v) is 4.25. The van der Waals surface area contributed by atoms with Crippen LogP contribution in [-0.2, 0) is 9.53 Å². The van der Waals surface area contributed by atoms with E-state index >= 15 is 0 Å². The molecule has 3 atom stereocenters. The van der Waals surface area contributed by atoms with Gasteiger partial charge in [-0.2, -0.15) is 0 Å². The maximum Gasteiger partial charge on any atom is 0.333 e. The van der Waals surface area contributed by atoms with Gasteiger partial charge in [0.2, 0.25) is 0 Å². The second-order valence-corrected chi connectivity index (χ2v) is 3.59. The molecular weight excluding hydrogens is 158 g/mol. The highest BCUT2D eigenvalue weighted by Crippen LogP contribution is 2.33. The van der Waals surface area contributed by atoms with Crippen molar-refractivity contribution in [3.8, 4) is 0 Å². The van der Waals surface area contributed by atoms with Crippen molar-refractivity contribution >= 4 is 5.97 Å². The Morgan fingerprint density at radius 1 is 1.67 bits per heavy atom. The molecule has 0 radical (unpaired) electrons. The van der Waals surface area contributed by atoms with Crippen LogP contribution in [0.2, 0.25) is 0 Å². The third-order valence-corrected chi connectivity index (χ3v) is 2.95. The highest BCUT2D eigenvalue weighted by atomic mass is 16.5. The number of aliphatic carboxylic acids is 1. The van der Waals surface area contributed by atoms with Gasteiger partial charge in [0.15, 0.2) is 6.10 Å². The number of likely N-dealkylation sites (N-methyl/N-ethyl adjacent to an activating group) is 1. The van der Waals surface area contributed by atoms with E-state index in [1.165, 1.54) is 0 Å². The normalized spacial score (nSPS) is 41.6. The first kappa shape index (κ1) is 8.01. The summed E-state index contributed by atoms with van der Waals surface area (Å²) in [6, 6.07) is 0.339. The molecule has 1 N–H and O–H groups in total. The fourth-order valence-electron chi connectivity index (χ4n) is 2.22. The van der Waals surface area contributed by atoms with Crippen molar-refractivity contribution in [2.75, 3.05) is 20.2 Å². The van der Waals surface area contributed by atoms with Gasteiger partial charge in [-0.15, -0.1) is 0 Å². The van der Waals surface area contributed by atoms with Crippen LogP contribution < -0.4 is 0 Å². The number of nitrogens with zero attached hydrogens (tertiary/aromatic N) is 1. The summed E-state index contributed by atoms with van der Waals surface area (Å²) in [5.41, 5.74) is 0. The lowest BCUT2D eigenvalue weighted by molar-refractivity contribution is -0.149. The Labute approximate surface area is 71.1 Å². The molecule has 0 spiro atoms. The van der Waals surface area contributed by atoms with Crippen molar-refractivity contribution in [2.24, 2.45) is 5.92 Å². The molecule has 0 saturated carbocycles. The van der Waals surface area contributed by atoms with E-state index in [1.807, 2.05) is 7.05 Å². The molecule has 0 aliphatic carbocycles. The van der Waals surface area contributed by atoms with Crippen molar-refractivity contribution in [3.05, 3.63) is 0 Å². The zero-order valence-corrected chi connectivity index (χ0v) is 7.06. The van der Waals surface area contributed by atoms with Crippen LogP contribution in [0.5, 0.6) is 0 Å². The smallest absolute Gasteiger partial charge is 0.333 e. The lowest BCUT2D eigenvalue weighted by atomic mass is 9.97. The zero-order chi connectivity index (χ0) is 8.72. The van der Waals surface area contributed by atoms with Gasteiger partial charge in [-0.1, -0.05) is 0 Å². The number of carboxylic acids is 1. The minimum Gasteiger partial charge on any atom is -0.479 e. The molecule has 2 heterocycles. The quantitative estimate of drug-likeness (QED) is 0.593. The van der Waals surface area contributed by atoms with Gasteiger partial charge in [0, 0.05) is 12.0 Å². The first-order chi connectivity index (χ1) is 5.70. The summed E-state index contributed by atoms with van der Waals surface area (Å²) < 4.78 is 5.21. The van der Waals surface area contributed by atoms with E-state index in [0.29, 0.717) is 12.6 Å². The molecule has 2 aliphatic rings. The summed E-state index contributed by atoms with van der Waals surface area (Å²) in [6.45, 7) is 1.58. The predicted octanol–water partition coefficient (Wildman–Crippen LogP) is -0.210. The number of hydrogen-bond donors (Lipinski definition) is 1. The lowest BCUT2D eigenvalue weighted by Crippen LogP contribution is -2.31. The predicted molar refractivity (Wildman–Crippen MR) is 41.9 cm³/mol. The molecule has 12 heavy (non-hydrogen) atoms. The molecule has 4 heteroatoms. The summed E-state index contributed by atoms with van der Waals surface area (Å²) in [5.74, 6) is -0.592. The second kappa shape index (κ2) is 2.71. The van der Waals surface area contributed by atoms with Crippen LogP contribution >= 0.6 is 0 Å². The van der Waals surface area contributed by atoms with Crippen LogP contribution in [0, 0.1) is 5.92 Å². The fourth-order valence-corrected chi connectivity index (χ4v) is 2.22. The number of hydrogen-bond acceptors (Lipinski definition) is 3. The Kier molecular flexibility index (Phi) is 1.81. The minimum atomic E-state index is -0.808. The average molecular weight is 171 g/mol. The number of fused-ring (bicyclic) bond motifs is 1. The van der Waals surface area contributed by atoms with Crippen molar-refractivity contribution in [2.45, 2.75) is 18.6 Å². The number of carbonyl (C=O) groups is 1. The summed E-state index contributed by atoms with van der Waals surface area (Å²) in [6.07, 6.45) is 0.401. The number of rotatable bonds is 1. The Bertz CT molecular complexity index is 206. The topological polar surface area (TPSA) is 49.8 Å². The van der Waals surface area contributed by atoms with Gasteiger partial charge in [-0.3, -0.25) is 0 Å². The van der Waals surface area contributed by atoms with Crippen LogP contribution in [0.25, 0.3) is 0 Å². The van der Waals surface area contributed by atoms with Crippen LogP contribution in [0.15, 0.2) is 0 Å². The van der Waals surface area contributed by atoms with E-state index in [9.17, 15) is 4.79 Å². The van der Waals surface area contributed by atoms with Crippen molar-refractivity contribution in [1.29, 1.82) is 0 Å². The SMILES string of the molecule is CN1CCC2C(C(=O)O)OCC21. The number of ether oxygens (including phenoxy) is 1. The molecule has 2 saturated heterocycles. The molecule has 2 aliphatic heterocycles. The summed E-state index contributed by atoms with van der Waals surface area (Å²) >= 11 is 0. The van der Waals surface area contributed by atoms with Gasteiger partial charge in [-0.25, -0.2) is 4.79 Å². The summed E-state index contributed by atoms with van der Waals surface area (Å²) in [4.78, 5) is 12.9. The van der Waals surface area contributed by atoms with Crippen LogP contribution in [0.3, 0.4) is 0 Å². The maximum absolute atomic E-state index is 10.7. The summed E-state index contributed by atoms with van der Waals surface area (Å²) in [5, 5.41) is 8.80. The van der Waals surface area contributed by atoms with Crippen LogP contribution in [0.1, 0.15) is 6.42 Å². The molecule has 2 rings (SSSR count). The molecular formula is C8H13NO3. The van der Waals surface area contributed by atoms with Gasteiger partial charge >= 0.3 is 5.97 Å². The minimum absolute atomic E-state index is 0.215. The molecule has 0 aromatic heterocycles. The van der Waals surface area contributed by atoms with E-state index in [4.69, 9.17) is 9.84 Å². The van der Waals surface area contributed by atoms with Gasteiger partial charge in [-0.05, 0) is 20.0 Å². The van der Waals surface area contributed by atoms with Crippen molar-refractivity contribution < 1.29 is 14.6 Å². The van der Waals surface area contributed by atoms with E-state index in [0.717, 1.165) is 13.0 Å². The Morgan fingerprint density at radius 2 is 2.42 bits per heavy atom. The standard InChI is InChI=1S/C8H13NO3/c1-9-3-2-5-6(9)4-12-7(5)8(10)11/h5-7H,2-4H2,1H3,(H,10,11). The maximum atomic E-state index is 10.7. The van der Waals surface area contributed by atoms with E-state index in [-0.39, 0.29) is 5.92 Å². The average Bonchev–Trinajstić information content (AvgIpc) is 2.53. The molecule has 0 bridgehead atoms. The van der Waals surface area contributed by atoms with Gasteiger partial charge < -0.3 is 14.7 Å². The lowest BCUT2D eigenvalue weighted by Gasteiger charge is -2.15. The Hall–Kier alpha value is -0.610. The van der Waals surface area contributed by atoms with Gasteiger partial charge in [0.05, 0.1) is 6.61 Å². The zero-order valence-electron chi connectivity index (χ0n) is 7.06. The Balaban J connectivity index is 2.10. The van der Waals surface area contributed by atoms with Gasteiger partial charge in [0.25, 0.3) is 0 Å². The third kappa shape index (κ3) is 1.03. The van der Waals surface area contributed by atoms with E-state index < -0.39 is 12.1 Å². The van der Waals surface area contributed by atoms with Gasteiger partial charge in [0.1, 0.15) is 0 Å². The molecule has 3 unspecified atom stereocenters. The molecule has 0 aromatic rings. The van der Waals surface area contributed by atoms with Crippen LogP contribution in [0.4, 0.5) is 0 Å². The van der Waals surface area contributed by atoms with Crippen molar-refractivity contribution in [1.82, 2.24) is 4.90 Å². The third-order valence-electron chi connectivity index (χ3n) is 2.95. The molecule has 0 amide bonds. The molecule has 4 nitrogen and oxygen atoms in total. The first-order valence-electron chi connectivity index (χ1n) is 4.25. The fraction of sp³-hybridized carbons (Fsp3) is 0.875. The number of likely N-dealkylation sites (tertiary alicyclic amines) is 1. The summed E-state index contributed by atoms with van der Waals surface area (Å²) in [7, 11) is 2.03. The molecule has 0 aromatic carbocycles. The second-order valence-electron chi connectivity index (χ2n) is 3.59. The van der Waals surface area contributed by atoms with E-state index in [2.05, 4.69) is 4.90 Å². The van der Waals surface area contributed by atoms with Crippen molar-refractivity contribution in [3.63, 3.8) is 0 Å². The molecule has 2 fully saturated rings. The largest absolute Gasteiger partial charge is 0.479 e. The number of carboxylic acid groups (broad SMARTS) is 1. The Morgan fingerprint density at radius 3 is 3.08 bits per heavy atom. The van der Waals surface area contributed by atoms with Crippen LogP contribution in [-0.4, -0.2) is 48.3 Å². The highest BCUT2D eigenvalue weighted by molar-refractivity contribution is 5.73. The molecule has 68 valence electrons. The van der Waals surface area contributed by atoms with E-state index in [1.54, 1.807) is 0 Å². The highest BCUT2D eigenvalue weighted by Gasteiger charge is 2.46. The monoisotopic (exact) mass is 171 g/mol.